The number of pyridine rings is 1. The van der Waals surface area contributed by atoms with Gasteiger partial charge in [-0.25, -0.2) is 4.57 Å². The SMILES string of the molecule is [2H]C([2H])([2H])C([2H])(C)c1c[n+](C)c(-c2ccccc2C)cc1C. The van der Waals surface area contributed by atoms with E-state index >= 15 is 0 Å². The van der Waals surface area contributed by atoms with Gasteiger partial charge in [0.1, 0.15) is 7.05 Å². The molecule has 1 heterocycles. The van der Waals surface area contributed by atoms with Crippen molar-refractivity contribution < 1.29 is 10.1 Å². The molecule has 0 amide bonds. The van der Waals surface area contributed by atoms with Gasteiger partial charge in [-0.2, -0.15) is 0 Å². The largest absolute Gasteiger partial charge is 0.212 e. The normalized spacial score (nSPS) is 18.2. The first-order chi connectivity index (χ1) is 10.1. The molecule has 0 radical (unpaired) electrons. The fourth-order valence-electron chi connectivity index (χ4n) is 2.27. The maximum atomic E-state index is 8.30. The summed E-state index contributed by atoms with van der Waals surface area (Å²) >= 11 is 0. The molecule has 0 N–H and O–H groups in total. The van der Waals surface area contributed by atoms with E-state index in [4.69, 9.17) is 5.48 Å². The summed E-state index contributed by atoms with van der Waals surface area (Å²) in [4.78, 5) is 0. The predicted octanol–water partition coefficient (Wildman–Crippen LogP) is 3.92. The molecule has 1 unspecified atom stereocenters. The van der Waals surface area contributed by atoms with Crippen molar-refractivity contribution >= 4 is 0 Å². The summed E-state index contributed by atoms with van der Waals surface area (Å²) in [5.74, 6) is -1.63. The molecule has 1 nitrogen and oxygen atoms in total. The zero-order valence-electron chi connectivity index (χ0n) is 15.4. The molecule has 1 aromatic carbocycles. The van der Waals surface area contributed by atoms with Crippen LogP contribution in [0.1, 0.15) is 41.8 Å². The smallest absolute Gasteiger partial charge is 0.201 e. The van der Waals surface area contributed by atoms with Gasteiger partial charge in [0.2, 0.25) is 5.69 Å². The maximum Gasteiger partial charge on any atom is 0.212 e. The molecule has 1 heteroatoms. The van der Waals surface area contributed by atoms with Crippen molar-refractivity contribution in [1.82, 2.24) is 0 Å². The highest BCUT2D eigenvalue weighted by atomic mass is 14.9. The predicted molar refractivity (Wildman–Crippen MR) is 76.6 cm³/mol. The third-order valence-electron chi connectivity index (χ3n) is 3.31. The van der Waals surface area contributed by atoms with Gasteiger partial charge in [0.15, 0.2) is 6.20 Å². The van der Waals surface area contributed by atoms with Crippen molar-refractivity contribution in [2.24, 2.45) is 7.05 Å². The van der Waals surface area contributed by atoms with Crippen LogP contribution in [0.25, 0.3) is 11.3 Å². The maximum absolute atomic E-state index is 8.30. The average molecular weight is 244 g/mol. The highest BCUT2D eigenvalue weighted by Gasteiger charge is 2.16. The second kappa shape index (κ2) is 4.93. The lowest BCUT2D eigenvalue weighted by atomic mass is 9.97. The Morgan fingerprint density at radius 3 is 2.61 bits per heavy atom. The van der Waals surface area contributed by atoms with Crippen LogP contribution < -0.4 is 4.57 Å². The number of aryl methyl sites for hydroxylation is 3. The fourth-order valence-corrected chi connectivity index (χ4v) is 2.27. The minimum absolute atomic E-state index is 0.535. The van der Waals surface area contributed by atoms with Crippen LogP contribution in [0.4, 0.5) is 0 Å². The van der Waals surface area contributed by atoms with Gasteiger partial charge >= 0.3 is 0 Å². The summed E-state index contributed by atoms with van der Waals surface area (Å²) in [5, 5.41) is 0. The zero-order valence-corrected chi connectivity index (χ0v) is 11.4. The second-order valence-corrected chi connectivity index (χ2v) is 4.81. The molecule has 0 saturated carbocycles. The first-order valence-corrected chi connectivity index (χ1v) is 6.12. The Hall–Kier alpha value is -1.63. The van der Waals surface area contributed by atoms with Gasteiger partial charge in [0.05, 0.1) is 0 Å². The lowest BCUT2D eigenvalue weighted by molar-refractivity contribution is -0.660. The zero-order chi connectivity index (χ0) is 16.7. The molecule has 2 aromatic rings. The van der Waals surface area contributed by atoms with Crippen molar-refractivity contribution in [3.63, 3.8) is 0 Å². The Bertz CT molecular complexity index is 702. The van der Waals surface area contributed by atoms with Gasteiger partial charge in [-0.1, -0.05) is 32.0 Å². The Morgan fingerprint density at radius 1 is 1.22 bits per heavy atom. The van der Waals surface area contributed by atoms with Crippen molar-refractivity contribution in [3.05, 3.63) is 53.2 Å². The third kappa shape index (κ3) is 2.31. The molecule has 0 bridgehead atoms. The van der Waals surface area contributed by atoms with Crippen LogP contribution in [0.3, 0.4) is 0 Å². The average Bonchev–Trinajstić information content (AvgIpc) is 2.40. The van der Waals surface area contributed by atoms with Crippen molar-refractivity contribution in [2.45, 2.75) is 33.5 Å². The van der Waals surface area contributed by atoms with Crippen LogP contribution in [0.15, 0.2) is 36.5 Å². The summed E-state index contributed by atoms with van der Waals surface area (Å²) in [6, 6.07) is 10.1. The lowest BCUT2D eigenvalue weighted by Gasteiger charge is -2.11. The quantitative estimate of drug-likeness (QED) is 0.705. The van der Waals surface area contributed by atoms with Gasteiger partial charge < -0.3 is 0 Å². The second-order valence-electron chi connectivity index (χ2n) is 4.81. The Labute approximate surface area is 116 Å². The minimum Gasteiger partial charge on any atom is -0.201 e. The highest BCUT2D eigenvalue weighted by Crippen LogP contribution is 2.24. The van der Waals surface area contributed by atoms with Gasteiger partial charge in [-0.15, -0.1) is 0 Å². The Kier molecular flexibility index (Phi) is 2.32. The van der Waals surface area contributed by atoms with Crippen LogP contribution in [-0.2, 0) is 7.05 Å². The van der Waals surface area contributed by atoms with Gasteiger partial charge in [0, 0.05) is 22.7 Å². The van der Waals surface area contributed by atoms with Crippen LogP contribution in [0.2, 0.25) is 0 Å². The molecular weight excluding hydrogens is 218 g/mol. The molecule has 0 aliphatic carbocycles. The summed E-state index contributed by atoms with van der Waals surface area (Å²) in [6.07, 6.45) is 1.77. The fraction of sp³-hybridized carbons (Fsp3) is 0.353. The third-order valence-corrected chi connectivity index (χ3v) is 3.31. The van der Waals surface area contributed by atoms with Crippen molar-refractivity contribution in [2.75, 3.05) is 0 Å². The monoisotopic (exact) mass is 244 g/mol. The van der Waals surface area contributed by atoms with Crippen LogP contribution in [0, 0.1) is 13.8 Å². The van der Waals surface area contributed by atoms with Gasteiger partial charge in [-0.3, -0.25) is 0 Å². The van der Waals surface area contributed by atoms with E-state index in [2.05, 4.69) is 13.0 Å². The first-order valence-electron chi connectivity index (χ1n) is 8.12. The molecule has 0 saturated heterocycles. The van der Waals surface area contributed by atoms with E-state index in [1.54, 1.807) is 6.20 Å². The van der Waals surface area contributed by atoms with Crippen molar-refractivity contribution in [3.8, 4) is 11.3 Å². The summed E-state index contributed by atoms with van der Waals surface area (Å²) < 4.78 is 33.1. The summed E-state index contributed by atoms with van der Waals surface area (Å²) in [7, 11) is 1.89. The van der Waals surface area contributed by atoms with Gasteiger partial charge in [0.25, 0.3) is 0 Å². The molecule has 1 atom stereocenters. The van der Waals surface area contributed by atoms with Crippen LogP contribution in [0.5, 0.6) is 0 Å². The van der Waals surface area contributed by atoms with E-state index in [1.165, 1.54) is 6.92 Å². The van der Waals surface area contributed by atoms with E-state index in [1.807, 2.05) is 42.8 Å². The van der Waals surface area contributed by atoms with E-state index in [-0.39, 0.29) is 0 Å². The standard InChI is InChI=1S/C17H22N/c1-12(2)16-11-18(5)17(10-14(16)4)15-9-7-6-8-13(15)3/h6-12H,1-5H3/q+1/i1D3,12D. The number of hydrogen-bond acceptors (Lipinski definition) is 0. The minimum atomic E-state index is -2.37. The van der Waals surface area contributed by atoms with Gasteiger partial charge in [-0.05, 0) is 36.9 Å². The molecule has 0 aliphatic rings. The molecule has 94 valence electrons. The van der Waals surface area contributed by atoms with Crippen LogP contribution in [-0.4, -0.2) is 0 Å². The number of benzene rings is 1. The molecular formula is C17H22N+. The molecule has 18 heavy (non-hydrogen) atoms. The summed E-state index contributed by atoms with van der Waals surface area (Å²) in [5.41, 5.74) is 4.65. The van der Waals surface area contributed by atoms with E-state index < -0.39 is 12.7 Å². The van der Waals surface area contributed by atoms with E-state index in [9.17, 15) is 0 Å². The molecule has 0 spiro atoms. The highest BCUT2D eigenvalue weighted by molar-refractivity contribution is 5.61. The molecule has 1 aromatic heterocycles. The first kappa shape index (κ1) is 8.47. The van der Waals surface area contributed by atoms with E-state index in [0.717, 1.165) is 22.4 Å². The Balaban J connectivity index is 2.63. The lowest BCUT2D eigenvalue weighted by Crippen LogP contribution is -2.32. The van der Waals surface area contributed by atoms with Crippen molar-refractivity contribution in [1.29, 1.82) is 0 Å². The topological polar surface area (TPSA) is 3.88 Å². The Morgan fingerprint density at radius 2 is 1.94 bits per heavy atom. The number of aromatic nitrogens is 1. The van der Waals surface area contributed by atoms with E-state index in [0.29, 0.717) is 5.56 Å². The summed E-state index contributed by atoms with van der Waals surface area (Å²) in [6.45, 7) is 3.01. The number of nitrogens with zero attached hydrogens (tertiary/aromatic N) is 1. The number of hydrogen-bond donors (Lipinski definition) is 0. The molecule has 2 rings (SSSR count). The number of rotatable bonds is 2. The van der Waals surface area contributed by atoms with Crippen LogP contribution >= 0.6 is 0 Å². The molecule has 0 aliphatic heterocycles. The molecule has 0 fully saturated rings.